The summed E-state index contributed by atoms with van der Waals surface area (Å²) in [5.41, 5.74) is 0.884. The summed E-state index contributed by atoms with van der Waals surface area (Å²) in [4.78, 5) is 30.4. The molecule has 0 saturated carbocycles. The van der Waals surface area contributed by atoms with Gasteiger partial charge in [0.25, 0.3) is 5.91 Å². The number of rotatable bonds is 3. The van der Waals surface area contributed by atoms with E-state index in [1.807, 2.05) is 0 Å². The molecule has 0 unspecified atom stereocenters. The van der Waals surface area contributed by atoms with Crippen molar-refractivity contribution in [2.45, 2.75) is 0 Å². The summed E-state index contributed by atoms with van der Waals surface area (Å²) in [6.07, 6.45) is 1.23. The lowest BCUT2D eigenvalue weighted by atomic mass is 10.1. The van der Waals surface area contributed by atoms with Crippen LogP contribution in [0.3, 0.4) is 0 Å². The Morgan fingerprint density at radius 2 is 1.69 bits per heavy atom. The average molecular weight is 427 g/mol. The van der Waals surface area contributed by atoms with Gasteiger partial charge in [-0.25, -0.2) is 0 Å². The van der Waals surface area contributed by atoms with E-state index in [9.17, 15) is 9.59 Å². The molecule has 9 heteroatoms. The fourth-order valence-corrected chi connectivity index (χ4v) is 3.18. The molecule has 0 aromatic heterocycles. The minimum absolute atomic E-state index is 0.00324. The Morgan fingerprint density at radius 1 is 1.04 bits per heavy atom. The monoisotopic (exact) mass is 425 g/mol. The van der Waals surface area contributed by atoms with Gasteiger partial charge < -0.3 is 5.32 Å². The number of aliphatic imine (C=N–C) groups is 1. The number of carbonyl (C=O) groups excluding carboxylic acids is 2. The molecule has 0 spiro atoms. The maximum Gasteiger partial charge on any atom is 0.251 e. The van der Waals surface area contributed by atoms with E-state index in [-0.39, 0.29) is 5.11 Å². The van der Waals surface area contributed by atoms with Crippen molar-refractivity contribution in [3.63, 3.8) is 0 Å². The number of benzene rings is 2. The second-order valence-corrected chi connectivity index (χ2v) is 6.96. The number of anilines is 1. The molecule has 1 heterocycles. The summed E-state index contributed by atoms with van der Waals surface area (Å²) in [6.45, 7) is 0. The van der Waals surface area contributed by atoms with Gasteiger partial charge in [0.05, 0.1) is 16.4 Å². The SMILES string of the molecule is O=C1NC(=S)N(c2ccc(Cl)cc2)C(=O)[C@@H]1C=Nc1ccc(Cl)cc1Cl. The van der Waals surface area contributed by atoms with Crippen LogP contribution in [0.15, 0.2) is 47.5 Å². The molecule has 1 aliphatic heterocycles. The molecule has 1 saturated heterocycles. The van der Waals surface area contributed by atoms with Crippen molar-refractivity contribution in [1.29, 1.82) is 0 Å². The summed E-state index contributed by atoms with van der Waals surface area (Å²) in [5.74, 6) is -2.22. The first-order chi connectivity index (χ1) is 12.4. The molecule has 0 aliphatic carbocycles. The van der Waals surface area contributed by atoms with Crippen molar-refractivity contribution in [3.8, 4) is 0 Å². The zero-order valence-corrected chi connectivity index (χ0v) is 16.0. The topological polar surface area (TPSA) is 61.8 Å². The van der Waals surface area contributed by atoms with Crippen molar-refractivity contribution in [2.24, 2.45) is 10.9 Å². The molecule has 1 aliphatic rings. The molecule has 5 nitrogen and oxygen atoms in total. The summed E-state index contributed by atoms with van der Waals surface area (Å²) in [5, 5.41) is 3.78. The van der Waals surface area contributed by atoms with Gasteiger partial charge in [-0.3, -0.25) is 19.5 Å². The molecule has 2 aromatic rings. The van der Waals surface area contributed by atoms with Crippen LogP contribution in [0, 0.1) is 5.92 Å². The smallest absolute Gasteiger partial charge is 0.251 e. The van der Waals surface area contributed by atoms with Crippen LogP contribution in [0.4, 0.5) is 11.4 Å². The Hall–Kier alpha value is -1.99. The van der Waals surface area contributed by atoms with Gasteiger partial charge in [0.1, 0.15) is 0 Å². The van der Waals surface area contributed by atoms with E-state index in [2.05, 4.69) is 10.3 Å². The van der Waals surface area contributed by atoms with Crippen molar-refractivity contribution in [2.75, 3.05) is 4.90 Å². The molecular weight excluding hydrogens is 417 g/mol. The Kier molecular flexibility index (Phi) is 5.58. The van der Waals surface area contributed by atoms with Crippen LogP contribution in [-0.4, -0.2) is 23.1 Å². The summed E-state index contributed by atoms with van der Waals surface area (Å²) in [6, 6.07) is 11.2. The van der Waals surface area contributed by atoms with E-state index < -0.39 is 17.7 Å². The second-order valence-electron chi connectivity index (χ2n) is 5.30. The van der Waals surface area contributed by atoms with Crippen LogP contribution >= 0.6 is 47.0 Å². The highest BCUT2D eigenvalue weighted by Gasteiger charge is 2.38. The Morgan fingerprint density at radius 3 is 2.35 bits per heavy atom. The molecule has 0 radical (unpaired) electrons. The lowest BCUT2D eigenvalue weighted by Gasteiger charge is -2.30. The van der Waals surface area contributed by atoms with E-state index in [4.69, 9.17) is 47.0 Å². The van der Waals surface area contributed by atoms with Crippen molar-refractivity contribution < 1.29 is 9.59 Å². The highest BCUT2D eigenvalue weighted by atomic mass is 35.5. The lowest BCUT2D eigenvalue weighted by molar-refractivity contribution is -0.130. The van der Waals surface area contributed by atoms with Crippen LogP contribution in [0.2, 0.25) is 15.1 Å². The highest BCUT2D eigenvalue weighted by Crippen LogP contribution is 2.28. The van der Waals surface area contributed by atoms with E-state index >= 15 is 0 Å². The van der Waals surface area contributed by atoms with Gasteiger partial charge in [0.2, 0.25) is 5.91 Å². The zero-order chi connectivity index (χ0) is 18.8. The van der Waals surface area contributed by atoms with Gasteiger partial charge in [-0.1, -0.05) is 34.8 Å². The number of nitrogens with one attached hydrogen (secondary N) is 1. The van der Waals surface area contributed by atoms with Gasteiger partial charge in [0.15, 0.2) is 11.0 Å². The van der Waals surface area contributed by atoms with Crippen LogP contribution < -0.4 is 10.2 Å². The number of amides is 2. The largest absolute Gasteiger partial charge is 0.301 e. The Balaban J connectivity index is 1.90. The third kappa shape index (κ3) is 3.88. The number of hydrogen-bond donors (Lipinski definition) is 1. The number of nitrogens with zero attached hydrogens (tertiary/aromatic N) is 2. The van der Waals surface area contributed by atoms with E-state index in [1.165, 1.54) is 17.2 Å². The fourth-order valence-electron chi connectivity index (χ4n) is 2.30. The average Bonchev–Trinajstić information content (AvgIpc) is 2.57. The molecule has 2 amide bonds. The molecule has 132 valence electrons. The molecule has 3 rings (SSSR count). The van der Waals surface area contributed by atoms with E-state index in [1.54, 1.807) is 36.4 Å². The molecule has 0 bridgehead atoms. The van der Waals surface area contributed by atoms with Gasteiger partial charge in [-0.15, -0.1) is 0 Å². The summed E-state index contributed by atoms with van der Waals surface area (Å²) < 4.78 is 0. The van der Waals surface area contributed by atoms with Crippen molar-refractivity contribution in [3.05, 3.63) is 57.5 Å². The van der Waals surface area contributed by atoms with Gasteiger partial charge in [-0.05, 0) is 54.7 Å². The maximum absolute atomic E-state index is 12.8. The van der Waals surface area contributed by atoms with Gasteiger partial charge >= 0.3 is 0 Å². The minimum Gasteiger partial charge on any atom is -0.301 e. The van der Waals surface area contributed by atoms with Gasteiger partial charge in [0, 0.05) is 16.3 Å². The molecule has 2 aromatic carbocycles. The molecule has 1 N–H and O–H groups in total. The summed E-state index contributed by atoms with van der Waals surface area (Å²) >= 11 is 22.9. The van der Waals surface area contributed by atoms with Gasteiger partial charge in [-0.2, -0.15) is 0 Å². The van der Waals surface area contributed by atoms with Crippen LogP contribution in [0.25, 0.3) is 0 Å². The Bertz CT molecular complexity index is 931. The minimum atomic E-state index is -1.15. The third-order valence-electron chi connectivity index (χ3n) is 3.56. The quantitative estimate of drug-likeness (QED) is 0.449. The first-order valence-corrected chi connectivity index (χ1v) is 8.84. The molecule has 26 heavy (non-hydrogen) atoms. The van der Waals surface area contributed by atoms with Crippen molar-refractivity contribution in [1.82, 2.24) is 5.32 Å². The zero-order valence-electron chi connectivity index (χ0n) is 12.9. The molecule has 1 atom stereocenters. The van der Waals surface area contributed by atoms with E-state index in [0.29, 0.717) is 26.4 Å². The third-order valence-corrected chi connectivity index (χ3v) is 4.63. The summed E-state index contributed by atoms with van der Waals surface area (Å²) in [7, 11) is 0. The predicted octanol–water partition coefficient (Wildman–Crippen LogP) is 4.41. The number of halogens is 3. The van der Waals surface area contributed by atoms with Crippen LogP contribution in [0.5, 0.6) is 0 Å². The maximum atomic E-state index is 12.8. The first-order valence-electron chi connectivity index (χ1n) is 7.30. The molecular formula is C17H10Cl3N3O2S. The van der Waals surface area contributed by atoms with Crippen molar-refractivity contribution >= 4 is 81.5 Å². The van der Waals surface area contributed by atoms with Crippen LogP contribution in [0.1, 0.15) is 0 Å². The normalized spacial score (nSPS) is 17.7. The number of thiocarbonyl (C=S) groups is 1. The number of carbonyl (C=O) groups is 2. The lowest BCUT2D eigenvalue weighted by Crippen LogP contribution is -2.58. The second kappa shape index (κ2) is 7.72. The number of hydrogen-bond acceptors (Lipinski definition) is 4. The highest BCUT2D eigenvalue weighted by molar-refractivity contribution is 7.80. The first kappa shape index (κ1) is 18.8. The van der Waals surface area contributed by atoms with E-state index in [0.717, 1.165) is 0 Å². The standard InChI is InChI=1S/C17H10Cl3N3O2S/c18-9-1-4-11(5-2-9)23-16(25)12(15(24)22-17(23)26)8-21-14-6-3-10(19)7-13(14)20/h1-8,12H,(H,22,24,26)/t12-/m1/s1. The Labute approximate surface area is 169 Å². The molecule has 1 fully saturated rings. The van der Waals surface area contributed by atoms with Crippen LogP contribution in [-0.2, 0) is 9.59 Å². The fraction of sp³-hybridized carbons (Fsp3) is 0.0588. The predicted molar refractivity (Wildman–Crippen MR) is 108 cm³/mol.